The van der Waals surface area contributed by atoms with Gasteiger partial charge in [-0.25, -0.2) is 0 Å². The number of carboxylic acid groups (broad SMARTS) is 1. The molecular weight excluding hydrogens is 264 g/mol. The van der Waals surface area contributed by atoms with Gasteiger partial charge in [-0.15, -0.1) is 6.58 Å². The van der Waals surface area contributed by atoms with Crippen LogP contribution in [0.5, 0.6) is 0 Å². The van der Waals surface area contributed by atoms with Gasteiger partial charge < -0.3 is 16.6 Å². The minimum atomic E-state index is -0.841. The highest BCUT2D eigenvalue weighted by Crippen LogP contribution is 2.37. The zero-order chi connectivity index (χ0) is 14.6. The van der Waals surface area contributed by atoms with E-state index < -0.39 is 5.97 Å². The van der Waals surface area contributed by atoms with E-state index in [2.05, 4.69) is 11.9 Å². The third-order valence-electron chi connectivity index (χ3n) is 4.53. The number of carboxylic acids is 1. The van der Waals surface area contributed by atoms with Gasteiger partial charge in [-0.05, 0) is 11.8 Å². The molecule has 0 saturated heterocycles. The van der Waals surface area contributed by atoms with Gasteiger partial charge in [0, 0.05) is 6.54 Å². The lowest BCUT2D eigenvalue weighted by Crippen LogP contribution is -2.21. The molecule has 0 radical (unpaired) electrons. The maximum absolute atomic E-state index is 9.78. The summed E-state index contributed by atoms with van der Waals surface area (Å²) in [6.45, 7) is 3.96. The van der Waals surface area contributed by atoms with Gasteiger partial charge in [0.05, 0.1) is 6.54 Å². The molecule has 0 unspecified atom stereocenters. The van der Waals surface area contributed by atoms with E-state index in [4.69, 9.17) is 5.11 Å². The summed E-state index contributed by atoms with van der Waals surface area (Å²) in [5, 5.41) is 10.7. The summed E-state index contributed by atoms with van der Waals surface area (Å²) >= 11 is 0. The maximum atomic E-state index is 9.78. The highest BCUT2D eigenvalue weighted by atomic mass is 16.4. The van der Waals surface area contributed by atoms with Crippen LogP contribution in [-0.4, -0.2) is 24.2 Å². The van der Waals surface area contributed by atoms with Gasteiger partial charge in [-0.3, -0.25) is 4.79 Å². The monoisotopic (exact) mass is 298 g/mol. The third kappa shape index (κ3) is 9.64. The van der Waals surface area contributed by atoms with Gasteiger partial charge in [0.25, 0.3) is 0 Å². The van der Waals surface area contributed by atoms with Crippen LogP contribution in [0.2, 0.25) is 0 Å². The molecule has 0 amide bonds. The second-order valence-electron chi connectivity index (χ2n) is 6.11. The van der Waals surface area contributed by atoms with Crippen molar-refractivity contribution in [2.45, 2.75) is 64.2 Å². The Balaban J connectivity index is 0.000000397. The lowest BCUT2D eigenvalue weighted by Gasteiger charge is -2.32. The summed E-state index contributed by atoms with van der Waals surface area (Å²) in [4.78, 5) is 9.78. The molecule has 0 aromatic carbocycles. The fourth-order valence-corrected chi connectivity index (χ4v) is 3.49. The van der Waals surface area contributed by atoms with Gasteiger partial charge in [0.2, 0.25) is 0 Å². The van der Waals surface area contributed by atoms with E-state index in [0.717, 1.165) is 11.8 Å². The number of hydrogen-bond acceptors (Lipinski definition) is 3. The number of aliphatic carboxylic acids is 1. The van der Waals surface area contributed by atoms with Crippen molar-refractivity contribution in [3.8, 4) is 0 Å². The quantitative estimate of drug-likeness (QED) is 0.525. The number of carbonyl (C=O) groups is 1. The fraction of sp³-hybridized carbons (Fsp3) is 0.824. The van der Waals surface area contributed by atoms with E-state index in [1.165, 1.54) is 38.5 Å². The molecule has 21 heavy (non-hydrogen) atoms. The standard InChI is InChI=1S/C12H22.C5H9NO2.H3N/c1-3-7-11(8-4-1)12-9-5-2-6-10-12;1-2-3-6-4-5(7)8;/h11-12H,1-10H2;2,6H,1,3-4H2,(H,7,8);1H3. The van der Waals surface area contributed by atoms with Gasteiger partial charge >= 0.3 is 5.97 Å². The van der Waals surface area contributed by atoms with Crippen molar-refractivity contribution in [2.24, 2.45) is 11.8 Å². The van der Waals surface area contributed by atoms with Crippen molar-refractivity contribution in [3.05, 3.63) is 12.7 Å². The van der Waals surface area contributed by atoms with E-state index >= 15 is 0 Å². The van der Waals surface area contributed by atoms with Gasteiger partial charge in [-0.1, -0.05) is 70.3 Å². The van der Waals surface area contributed by atoms with Crippen molar-refractivity contribution in [1.82, 2.24) is 11.5 Å². The Morgan fingerprint density at radius 1 is 1.00 bits per heavy atom. The molecular formula is C17H34N2O2. The normalized spacial score (nSPS) is 19.8. The van der Waals surface area contributed by atoms with Crippen LogP contribution in [-0.2, 0) is 4.79 Å². The Morgan fingerprint density at radius 3 is 1.76 bits per heavy atom. The lowest BCUT2D eigenvalue weighted by molar-refractivity contribution is -0.135. The molecule has 0 heterocycles. The molecule has 0 aromatic rings. The molecule has 2 aliphatic carbocycles. The summed E-state index contributed by atoms with van der Waals surface area (Å²) in [6, 6.07) is 0. The van der Waals surface area contributed by atoms with Crippen LogP contribution in [0.4, 0.5) is 0 Å². The molecule has 2 aliphatic rings. The molecule has 0 bridgehead atoms. The zero-order valence-corrected chi connectivity index (χ0v) is 13.5. The molecule has 0 aromatic heterocycles. The molecule has 4 heteroatoms. The molecule has 5 N–H and O–H groups in total. The topological polar surface area (TPSA) is 84.3 Å². The molecule has 0 aliphatic heterocycles. The second-order valence-corrected chi connectivity index (χ2v) is 6.11. The molecule has 124 valence electrons. The van der Waals surface area contributed by atoms with Gasteiger partial charge in [0.15, 0.2) is 0 Å². The number of hydrogen-bond donors (Lipinski definition) is 3. The summed E-state index contributed by atoms with van der Waals surface area (Å²) < 4.78 is 0. The van der Waals surface area contributed by atoms with Crippen molar-refractivity contribution in [3.63, 3.8) is 0 Å². The highest BCUT2D eigenvalue weighted by molar-refractivity contribution is 5.68. The molecule has 2 fully saturated rings. The largest absolute Gasteiger partial charge is 0.480 e. The molecule has 0 spiro atoms. The Bertz CT molecular complexity index is 254. The van der Waals surface area contributed by atoms with Crippen LogP contribution >= 0.6 is 0 Å². The van der Waals surface area contributed by atoms with Crippen molar-refractivity contribution < 1.29 is 9.90 Å². The van der Waals surface area contributed by atoms with Crippen LogP contribution in [0.15, 0.2) is 12.7 Å². The molecule has 0 atom stereocenters. The Hall–Kier alpha value is -0.870. The van der Waals surface area contributed by atoms with E-state index in [1.54, 1.807) is 31.8 Å². The smallest absolute Gasteiger partial charge is 0.317 e. The van der Waals surface area contributed by atoms with E-state index in [1.807, 2.05) is 0 Å². The first kappa shape index (κ1) is 20.1. The Labute approximate surface area is 130 Å². The van der Waals surface area contributed by atoms with E-state index in [9.17, 15) is 4.79 Å². The first-order valence-corrected chi connectivity index (χ1v) is 8.27. The van der Waals surface area contributed by atoms with Crippen LogP contribution in [0.3, 0.4) is 0 Å². The average Bonchev–Trinajstić information content (AvgIpc) is 2.50. The van der Waals surface area contributed by atoms with Crippen LogP contribution in [0.25, 0.3) is 0 Å². The molecule has 2 rings (SSSR count). The van der Waals surface area contributed by atoms with Crippen LogP contribution in [0.1, 0.15) is 64.2 Å². The number of nitrogens with one attached hydrogen (secondary N) is 1. The maximum Gasteiger partial charge on any atom is 0.317 e. The Kier molecular flexibility index (Phi) is 12.3. The highest BCUT2D eigenvalue weighted by Gasteiger charge is 2.24. The molecule has 2 saturated carbocycles. The minimum Gasteiger partial charge on any atom is -0.480 e. The summed E-state index contributed by atoms with van der Waals surface area (Å²) in [6.07, 6.45) is 17.0. The van der Waals surface area contributed by atoms with E-state index in [-0.39, 0.29) is 12.7 Å². The SMILES string of the molecule is C1CCC(C2CCCCC2)CC1.C=CCNCC(=O)O.N. The molecule has 4 nitrogen and oxygen atoms in total. The van der Waals surface area contributed by atoms with Crippen molar-refractivity contribution in [2.75, 3.05) is 13.1 Å². The first-order chi connectivity index (χ1) is 9.74. The predicted molar refractivity (Wildman–Crippen MR) is 88.9 cm³/mol. The number of rotatable bonds is 5. The van der Waals surface area contributed by atoms with Crippen molar-refractivity contribution >= 4 is 5.97 Å². The van der Waals surface area contributed by atoms with Gasteiger partial charge in [-0.2, -0.15) is 0 Å². The predicted octanol–water partition coefficient (Wildman–Crippen LogP) is 4.16. The average molecular weight is 298 g/mol. The minimum absolute atomic E-state index is 0. The lowest BCUT2D eigenvalue weighted by atomic mass is 9.73. The van der Waals surface area contributed by atoms with E-state index in [0.29, 0.717) is 6.54 Å². The summed E-state index contributed by atoms with van der Waals surface area (Å²) in [5.41, 5.74) is 0. The van der Waals surface area contributed by atoms with Crippen LogP contribution < -0.4 is 11.5 Å². The summed E-state index contributed by atoms with van der Waals surface area (Å²) in [5.74, 6) is 1.44. The third-order valence-corrected chi connectivity index (χ3v) is 4.53. The second kappa shape index (κ2) is 12.8. The first-order valence-electron chi connectivity index (χ1n) is 8.27. The van der Waals surface area contributed by atoms with Crippen LogP contribution in [0, 0.1) is 11.8 Å². The zero-order valence-electron chi connectivity index (χ0n) is 13.5. The van der Waals surface area contributed by atoms with Crippen molar-refractivity contribution in [1.29, 1.82) is 0 Å². The fourth-order valence-electron chi connectivity index (χ4n) is 3.49. The summed E-state index contributed by atoms with van der Waals surface area (Å²) in [7, 11) is 0. The van der Waals surface area contributed by atoms with Gasteiger partial charge in [0.1, 0.15) is 0 Å². The Morgan fingerprint density at radius 2 is 1.43 bits per heavy atom.